The summed E-state index contributed by atoms with van der Waals surface area (Å²) in [4.78, 5) is 5.05. The molecule has 0 amide bonds. The maximum Gasteiger partial charge on any atom is 0.0543 e. The Kier molecular flexibility index (Phi) is 13.8. The Morgan fingerprint density at radius 2 is 0.582 bits per heavy atom. The summed E-state index contributed by atoms with van der Waals surface area (Å²) >= 11 is 0. The zero-order valence-corrected chi connectivity index (χ0v) is 63.0. The average molecular weight is 1410 g/mol. The highest BCUT2D eigenvalue weighted by atomic mass is 15.2. The molecule has 0 heterocycles. The molecule has 0 saturated carbocycles. The number of nitrogens with zero attached hydrogens (tertiary/aromatic N) is 2. The second kappa shape index (κ2) is 23.6. The molecule has 2 heteroatoms. The van der Waals surface area contributed by atoms with Gasteiger partial charge in [0.1, 0.15) is 0 Å². The number of anilines is 6. The standard InChI is InChI=1S/C108H80N2/c1-105(2)94-27-15-12-24-88(94)103-98(105)30-18-32-101(103)109(75-47-39-67(40-48-75)72-37-35-70-44-54-81-79-21-9-8-20-69(79)43-56-83(81)90(70)61-72)77-52-59-97-92(63-77)86-23-11-17-29-96(86)108(97,7)65-66-34-53-80-74(60-66)46-57-84-82(80)55-45-71-36-38-73(62-91(71)84)68-41-49-76(50-42-68)110(78-51-58-87-85-22-10-14-26-93(85)107(5,6)100(87)64-78)102-33-19-31-99-104(102)89-25-13-16-28-95(89)106(99,3)4/h8-64H,65H2,1-7H3. The molecule has 0 saturated heterocycles. The quantitative estimate of drug-likeness (QED) is 0.126. The molecule has 0 aromatic heterocycles. The summed E-state index contributed by atoms with van der Waals surface area (Å²) in [6, 6.07) is 132. The zero-order chi connectivity index (χ0) is 73.7. The first-order chi connectivity index (χ1) is 53.7. The van der Waals surface area contributed by atoms with Gasteiger partial charge in [0.15, 0.2) is 0 Å². The Balaban J connectivity index is 0.599. The minimum absolute atomic E-state index is 0.134. The molecule has 0 fully saturated rings. The van der Waals surface area contributed by atoms with Crippen LogP contribution < -0.4 is 9.80 Å². The largest absolute Gasteiger partial charge is 0.310 e. The van der Waals surface area contributed by atoms with Crippen molar-refractivity contribution in [2.24, 2.45) is 0 Å². The van der Waals surface area contributed by atoms with Crippen LogP contribution in [0.4, 0.5) is 34.1 Å². The lowest BCUT2D eigenvalue weighted by Gasteiger charge is -2.31. The van der Waals surface area contributed by atoms with Crippen LogP contribution in [0.3, 0.4) is 0 Å². The van der Waals surface area contributed by atoms with Gasteiger partial charge in [0.25, 0.3) is 0 Å². The predicted octanol–water partition coefficient (Wildman–Crippen LogP) is 29.3. The second-order valence-corrected chi connectivity index (χ2v) is 33.3. The molecule has 522 valence electrons. The summed E-state index contributed by atoms with van der Waals surface area (Å²) in [7, 11) is 0. The highest BCUT2D eigenvalue weighted by molar-refractivity contribution is 6.19. The van der Waals surface area contributed by atoms with Crippen molar-refractivity contribution in [3.63, 3.8) is 0 Å². The Hall–Kier alpha value is -12.9. The topological polar surface area (TPSA) is 6.48 Å². The van der Waals surface area contributed by atoms with Crippen molar-refractivity contribution in [1.29, 1.82) is 0 Å². The summed E-state index contributed by atoms with van der Waals surface area (Å²) < 4.78 is 0. The third kappa shape index (κ3) is 9.36. The number of fused-ring (bicyclic) bond motifs is 22. The van der Waals surface area contributed by atoms with E-state index in [0.717, 1.165) is 29.2 Å². The maximum absolute atomic E-state index is 2.53. The van der Waals surface area contributed by atoms with E-state index >= 15 is 0 Å². The molecular weight excluding hydrogens is 1330 g/mol. The average Bonchev–Trinajstić information content (AvgIpc) is 1.52. The zero-order valence-electron chi connectivity index (χ0n) is 63.0. The van der Waals surface area contributed by atoms with Crippen LogP contribution in [0.5, 0.6) is 0 Å². The molecule has 110 heavy (non-hydrogen) atoms. The van der Waals surface area contributed by atoms with E-state index in [1.54, 1.807) is 0 Å². The van der Waals surface area contributed by atoms with Crippen molar-refractivity contribution in [2.45, 2.75) is 76.5 Å². The predicted molar refractivity (Wildman–Crippen MR) is 466 cm³/mol. The van der Waals surface area contributed by atoms with Gasteiger partial charge in [0, 0.05) is 55.5 Å². The van der Waals surface area contributed by atoms with Crippen LogP contribution in [0.25, 0.3) is 131 Å². The first-order valence-electron chi connectivity index (χ1n) is 39.1. The summed E-state index contributed by atoms with van der Waals surface area (Å²) in [6.45, 7) is 16.8. The van der Waals surface area contributed by atoms with Gasteiger partial charge < -0.3 is 9.80 Å². The van der Waals surface area contributed by atoms with E-state index < -0.39 is 0 Å². The molecule has 1 atom stereocenters. The van der Waals surface area contributed by atoms with Crippen LogP contribution in [0.15, 0.2) is 346 Å². The van der Waals surface area contributed by atoms with Gasteiger partial charge in [-0.15, -0.1) is 0 Å². The maximum atomic E-state index is 2.53. The molecular formula is C108H80N2. The van der Waals surface area contributed by atoms with E-state index in [0.29, 0.717) is 0 Å². The molecule has 18 aromatic rings. The van der Waals surface area contributed by atoms with Gasteiger partial charge in [-0.05, 0) is 250 Å². The van der Waals surface area contributed by atoms with Gasteiger partial charge in [0.2, 0.25) is 0 Å². The van der Waals surface area contributed by atoms with E-state index in [9.17, 15) is 0 Å². The molecule has 2 nitrogen and oxygen atoms in total. The van der Waals surface area contributed by atoms with Gasteiger partial charge in [-0.25, -0.2) is 0 Å². The van der Waals surface area contributed by atoms with E-state index in [4.69, 9.17) is 0 Å². The molecule has 4 aliphatic rings. The molecule has 4 aliphatic carbocycles. The molecule has 0 N–H and O–H groups in total. The van der Waals surface area contributed by atoms with Gasteiger partial charge in [-0.2, -0.15) is 0 Å². The summed E-state index contributed by atoms with van der Waals surface area (Å²) in [5.74, 6) is 0. The van der Waals surface area contributed by atoms with Crippen LogP contribution >= 0.6 is 0 Å². The van der Waals surface area contributed by atoms with Crippen LogP contribution in [-0.4, -0.2) is 0 Å². The van der Waals surface area contributed by atoms with E-state index in [-0.39, 0.29) is 21.7 Å². The second-order valence-electron chi connectivity index (χ2n) is 33.3. The Labute approximate surface area is 643 Å². The monoisotopic (exact) mass is 1400 g/mol. The number of rotatable bonds is 10. The highest BCUT2D eigenvalue weighted by Crippen LogP contribution is 2.59. The van der Waals surface area contributed by atoms with Crippen molar-refractivity contribution in [2.75, 3.05) is 9.80 Å². The summed E-state index contributed by atoms with van der Waals surface area (Å²) in [6.07, 6.45) is 0.854. The van der Waals surface area contributed by atoms with Gasteiger partial charge in [-0.1, -0.05) is 321 Å². The SMILES string of the molecule is CC1(C)c2ccccc2-c2ccc(N(c3ccc(-c4ccc5ccc6c7ccc(CC8(C)c9ccccc9-c9cc(N(c%10ccc(-c%11ccc%12ccc%13c%14ccccc%14ccc%13c%12c%11)cc%10)c%10cccc%11c%10-c%10ccccc%10C%11(C)C)ccc98)cc7ccc6c5c4)cc3)c3cccc4c3-c3ccccc3C4(C)C)cc21. The Morgan fingerprint density at radius 3 is 1.15 bits per heavy atom. The molecule has 0 radical (unpaired) electrons. The van der Waals surface area contributed by atoms with E-state index in [2.05, 4.69) is 404 Å². The highest BCUT2D eigenvalue weighted by Gasteiger charge is 2.43. The fourth-order valence-corrected chi connectivity index (χ4v) is 20.7. The van der Waals surface area contributed by atoms with Crippen LogP contribution in [0.2, 0.25) is 0 Å². The molecule has 0 aliphatic heterocycles. The first-order valence-corrected chi connectivity index (χ1v) is 39.1. The van der Waals surface area contributed by atoms with E-state index in [1.165, 1.54) is 193 Å². The van der Waals surface area contributed by atoms with Gasteiger partial charge >= 0.3 is 0 Å². The third-order valence-corrected chi connectivity index (χ3v) is 26.3. The van der Waals surface area contributed by atoms with Gasteiger partial charge in [-0.3, -0.25) is 0 Å². The normalized spacial score (nSPS) is 15.5. The lowest BCUT2D eigenvalue weighted by atomic mass is 9.75. The van der Waals surface area contributed by atoms with Crippen molar-refractivity contribution in [3.05, 3.63) is 396 Å². The number of hydrogen-bond donors (Lipinski definition) is 0. The molecule has 22 rings (SSSR count). The third-order valence-electron chi connectivity index (χ3n) is 26.3. The summed E-state index contributed by atoms with van der Waals surface area (Å²) in [5.41, 5.74) is 33.7. The van der Waals surface area contributed by atoms with Crippen LogP contribution in [-0.2, 0) is 28.1 Å². The fraction of sp³-hybridized carbons (Fsp3) is 0.111. The van der Waals surface area contributed by atoms with Crippen molar-refractivity contribution in [3.8, 4) is 66.8 Å². The number of benzene rings is 18. The molecule has 0 spiro atoms. The Morgan fingerprint density at radius 1 is 0.209 bits per heavy atom. The van der Waals surface area contributed by atoms with Crippen LogP contribution in [0.1, 0.15) is 98.5 Å². The van der Waals surface area contributed by atoms with Crippen molar-refractivity contribution in [1.82, 2.24) is 0 Å². The minimum Gasteiger partial charge on any atom is -0.310 e. The lowest BCUT2D eigenvalue weighted by Crippen LogP contribution is -2.24. The summed E-state index contributed by atoms with van der Waals surface area (Å²) in [5, 5.41) is 15.2. The fourth-order valence-electron chi connectivity index (χ4n) is 20.7. The molecule has 1 unspecified atom stereocenters. The van der Waals surface area contributed by atoms with Gasteiger partial charge in [0.05, 0.1) is 11.4 Å². The van der Waals surface area contributed by atoms with Crippen LogP contribution in [0, 0.1) is 0 Å². The molecule has 18 aromatic carbocycles. The van der Waals surface area contributed by atoms with Crippen molar-refractivity contribution < 1.29 is 0 Å². The van der Waals surface area contributed by atoms with Crippen molar-refractivity contribution >= 4 is 98.8 Å². The molecule has 0 bridgehead atoms. The van der Waals surface area contributed by atoms with E-state index in [1.807, 2.05) is 0 Å². The number of hydrogen-bond acceptors (Lipinski definition) is 2. The smallest absolute Gasteiger partial charge is 0.0543 e. The first kappa shape index (κ1) is 64.3. The Bertz CT molecular complexity index is 6980. The lowest BCUT2D eigenvalue weighted by molar-refractivity contribution is 0.583. The minimum atomic E-state index is -0.295.